The standard InChI is InChI=1S/C24H27F3N2O5/c1-29(2)14-6-13-23(16-29,15-20(30)34-22(32)24(25,26)27)28-21(31)19-12-11-18(33-19)10-9-17-7-4-3-5-8-17/h3-5,7-8,11-12H,6,9-10,13-16H2,1-2H3/p+1. The van der Waals surface area contributed by atoms with Crippen LogP contribution in [0.25, 0.3) is 0 Å². The third-order valence-electron chi connectivity index (χ3n) is 5.84. The number of rotatable bonds is 7. The first-order chi connectivity index (χ1) is 15.9. The Hall–Kier alpha value is -3.14. The number of nitrogens with one attached hydrogen (secondary N) is 1. The average Bonchev–Trinajstić information content (AvgIpc) is 3.20. The lowest BCUT2D eigenvalue weighted by Crippen LogP contribution is -2.64. The van der Waals surface area contributed by atoms with Crippen LogP contribution in [0, 0.1) is 0 Å². The van der Waals surface area contributed by atoms with Gasteiger partial charge in [0.25, 0.3) is 5.91 Å². The molecule has 2 aromatic rings. The highest BCUT2D eigenvalue weighted by Gasteiger charge is 2.47. The van der Waals surface area contributed by atoms with E-state index in [-0.39, 0.29) is 12.3 Å². The van der Waals surface area contributed by atoms with Gasteiger partial charge in [-0.1, -0.05) is 30.3 Å². The molecule has 1 fully saturated rings. The lowest BCUT2D eigenvalue weighted by atomic mass is 9.84. The Labute approximate surface area is 195 Å². The van der Waals surface area contributed by atoms with Crippen molar-refractivity contribution in [2.45, 2.75) is 43.8 Å². The van der Waals surface area contributed by atoms with E-state index in [2.05, 4.69) is 10.1 Å². The highest BCUT2D eigenvalue weighted by molar-refractivity contribution is 5.93. The number of halogens is 3. The van der Waals surface area contributed by atoms with Gasteiger partial charge in [0.05, 0.1) is 32.6 Å². The van der Waals surface area contributed by atoms with Crippen LogP contribution in [0.15, 0.2) is 46.9 Å². The number of benzene rings is 1. The van der Waals surface area contributed by atoms with Crippen LogP contribution in [-0.4, -0.2) is 61.2 Å². The molecule has 1 amide bonds. The number of esters is 2. The number of carbonyl (C=O) groups is 3. The number of amides is 1. The molecule has 0 aliphatic carbocycles. The second-order valence-electron chi connectivity index (χ2n) is 9.34. The SMILES string of the molecule is C[N+]1(C)CCCC(CC(=O)OC(=O)C(F)(F)F)(NC(=O)c2ccc(CCc3ccccc3)o2)C1. The maximum atomic E-state index is 13.0. The minimum atomic E-state index is -5.28. The number of nitrogens with zero attached hydrogens (tertiary/aromatic N) is 1. The molecule has 1 N–H and O–H groups in total. The molecule has 1 aromatic carbocycles. The number of hydrogen-bond acceptors (Lipinski definition) is 5. The highest BCUT2D eigenvalue weighted by atomic mass is 19.4. The summed E-state index contributed by atoms with van der Waals surface area (Å²) >= 11 is 0. The normalized spacial score (nSPS) is 19.9. The fourth-order valence-electron chi connectivity index (χ4n) is 4.44. The predicted molar refractivity (Wildman–Crippen MR) is 116 cm³/mol. The van der Waals surface area contributed by atoms with Crippen molar-refractivity contribution in [1.82, 2.24) is 5.32 Å². The number of alkyl halides is 3. The smallest absolute Gasteiger partial charge is 0.456 e. The number of hydrogen-bond donors (Lipinski definition) is 1. The molecule has 1 aliphatic rings. The molecular weight excluding hydrogens is 453 g/mol. The van der Waals surface area contributed by atoms with Crippen LogP contribution in [0.1, 0.15) is 41.1 Å². The second kappa shape index (κ2) is 10.0. The van der Waals surface area contributed by atoms with Crippen molar-refractivity contribution in [3.8, 4) is 0 Å². The van der Waals surface area contributed by atoms with E-state index >= 15 is 0 Å². The number of likely N-dealkylation sites (N-methyl/N-ethyl adjacent to an activating group) is 1. The van der Waals surface area contributed by atoms with Crippen molar-refractivity contribution in [3.05, 3.63) is 59.5 Å². The Morgan fingerprint density at radius 3 is 2.44 bits per heavy atom. The number of ether oxygens (including phenoxy) is 1. The molecule has 1 unspecified atom stereocenters. The lowest BCUT2D eigenvalue weighted by Gasteiger charge is -2.45. The van der Waals surface area contributed by atoms with E-state index in [1.54, 1.807) is 6.07 Å². The molecule has 0 saturated carbocycles. The molecule has 7 nitrogen and oxygen atoms in total. The Morgan fingerprint density at radius 1 is 1.09 bits per heavy atom. The summed E-state index contributed by atoms with van der Waals surface area (Å²) in [5, 5.41) is 2.79. The number of furan rings is 1. The first-order valence-electron chi connectivity index (χ1n) is 11.0. The molecule has 1 saturated heterocycles. The highest BCUT2D eigenvalue weighted by Crippen LogP contribution is 2.29. The second-order valence-corrected chi connectivity index (χ2v) is 9.34. The van der Waals surface area contributed by atoms with E-state index in [9.17, 15) is 27.6 Å². The zero-order valence-electron chi connectivity index (χ0n) is 19.1. The van der Waals surface area contributed by atoms with Crippen LogP contribution >= 0.6 is 0 Å². The summed E-state index contributed by atoms with van der Waals surface area (Å²) < 4.78 is 47.6. The monoisotopic (exact) mass is 481 g/mol. The Kier molecular flexibility index (Phi) is 7.50. The van der Waals surface area contributed by atoms with Crippen molar-refractivity contribution < 1.29 is 41.2 Å². The molecule has 0 bridgehead atoms. The van der Waals surface area contributed by atoms with Gasteiger partial charge in [0, 0.05) is 6.42 Å². The number of quaternary nitrogens is 1. The van der Waals surface area contributed by atoms with Crippen molar-refractivity contribution in [2.24, 2.45) is 0 Å². The average molecular weight is 481 g/mol. The summed E-state index contributed by atoms with van der Waals surface area (Å²) in [5.41, 5.74) is -0.0586. The third kappa shape index (κ3) is 6.93. The van der Waals surface area contributed by atoms with Gasteiger partial charge in [0.15, 0.2) is 5.76 Å². The van der Waals surface area contributed by atoms with Gasteiger partial charge < -0.3 is 19.0 Å². The Morgan fingerprint density at radius 2 is 1.79 bits per heavy atom. The number of carbonyl (C=O) groups excluding carboxylic acids is 3. The topological polar surface area (TPSA) is 85.6 Å². The van der Waals surface area contributed by atoms with Gasteiger partial charge in [-0.3, -0.25) is 9.59 Å². The van der Waals surface area contributed by atoms with Gasteiger partial charge >= 0.3 is 18.1 Å². The predicted octanol–water partition coefficient (Wildman–Crippen LogP) is 3.43. The zero-order valence-corrected chi connectivity index (χ0v) is 19.1. The summed E-state index contributed by atoms with van der Waals surface area (Å²) in [6.07, 6.45) is -3.57. The molecule has 2 heterocycles. The summed E-state index contributed by atoms with van der Waals surface area (Å²) in [6.45, 7) is 1.04. The Balaban J connectivity index is 1.70. The van der Waals surface area contributed by atoms with Crippen LogP contribution in [0.3, 0.4) is 0 Å². The van der Waals surface area contributed by atoms with E-state index in [0.717, 1.165) is 18.5 Å². The molecule has 0 spiro atoms. The third-order valence-corrected chi connectivity index (χ3v) is 5.84. The van der Waals surface area contributed by atoms with Crippen LogP contribution < -0.4 is 5.32 Å². The van der Waals surface area contributed by atoms with Crippen LogP contribution in [0.5, 0.6) is 0 Å². The summed E-state index contributed by atoms with van der Waals surface area (Å²) in [4.78, 5) is 36.3. The number of piperidine rings is 1. The van der Waals surface area contributed by atoms with Crippen LogP contribution in [-0.2, 0) is 27.2 Å². The molecule has 1 atom stereocenters. The molecule has 10 heteroatoms. The number of aryl methyl sites for hydroxylation is 2. The molecular formula is C24H28F3N2O5+. The van der Waals surface area contributed by atoms with Gasteiger partial charge in [-0.05, 0) is 37.0 Å². The van der Waals surface area contributed by atoms with Gasteiger partial charge in [-0.15, -0.1) is 0 Å². The van der Waals surface area contributed by atoms with Gasteiger partial charge in [0.2, 0.25) is 0 Å². The van der Waals surface area contributed by atoms with E-state index < -0.39 is 36.0 Å². The molecule has 0 radical (unpaired) electrons. The summed E-state index contributed by atoms with van der Waals surface area (Å²) in [5.74, 6) is -3.84. The van der Waals surface area contributed by atoms with Gasteiger partial charge in [0.1, 0.15) is 12.3 Å². The van der Waals surface area contributed by atoms with E-state index in [1.165, 1.54) is 6.07 Å². The lowest BCUT2D eigenvalue weighted by molar-refractivity contribution is -0.899. The maximum Gasteiger partial charge on any atom is 0.491 e. The van der Waals surface area contributed by atoms with Crippen molar-refractivity contribution in [3.63, 3.8) is 0 Å². The van der Waals surface area contributed by atoms with Crippen molar-refractivity contribution in [2.75, 3.05) is 27.2 Å². The van der Waals surface area contributed by atoms with E-state index in [4.69, 9.17) is 4.42 Å². The minimum Gasteiger partial charge on any atom is -0.456 e. The molecule has 1 aromatic heterocycles. The van der Waals surface area contributed by atoms with E-state index in [0.29, 0.717) is 29.5 Å². The fraction of sp³-hybridized carbons (Fsp3) is 0.458. The van der Waals surface area contributed by atoms with Crippen molar-refractivity contribution in [1.29, 1.82) is 0 Å². The maximum absolute atomic E-state index is 13.0. The molecule has 34 heavy (non-hydrogen) atoms. The Bertz CT molecular complexity index is 1030. The summed E-state index contributed by atoms with van der Waals surface area (Å²) in [7, 11) is 3.78. The zero-order chi connectivity index (χ0) is 25.0. The summed E-state index contributed by atoms with van der Waals surface area (Å²) in [6, 6.07) is 13.0. The van der Waals surface area contributed by atoms with Crippen molar-refractivity contribution >= 4 is 17.8 Å². The van der Waals surface area contributed by atoms with Crippen LogP contribution in [0.2, 0.25) is 0 Å². The van der Waals surface area contributed by atoms with Gasteiger partial charge in [-0.2, -0.15) is 13.2 Å². The first-order valence-corrected chi connectivity index (χ1v) is 11.0. The number of likely N-dealkylation sites (tertiary alicyclic amines) is 1. The fourth-order valence-corrected chi connectivity index (χ4v) is 4.44. The van der Waals surface area contributed by atoms with Gasteiger partial charge in [-0.25, -0.2) is 4.79 Å². The quantitative estimate of drug-likeness (QED) is 0.372. The molecule has 1 aliphatic heterocycles. The van der Waals surface area contributed by atoms with E-state index in [1.807, 2.05) is 44.4 Å². The van der Waals surface area contributed by atoms with Crippen LogP contribution in [0.4, 0.5) is 13.2 Å². The minimum absolute atomic E-state index is 0.0399. The molecule has 184 valence electrons. The largest absolute Gasteiger partial charge is 0.491 e. The first kappa shape index (κ1) is 25.5. The molecule has 3 rings (SSSR count).